The summed E-state index contributed by atoms with van der Waals surface area (Å²) >= 11 is 1.41. The van der Waals surface area contributed by atoms with E-state index in [2.05, 4.69) is 4.98 Å². The van der Waals surface area contributed by atoms with Crippen LogP contribution in [0.25, 0.3) is 21.3 Å². The largest absolute Gasteiger partial charge is 0.545 e. The van der Waals surface area contributed by atoms with Gasteiger partial charge in [-0.05, 0) is 41.8 Å². The maximum atomic E-state index is 13.3. The number of aryl methyl sites for hydroxylation is 1. The number of thiophene rings is 1. The van der Waals surface area contributed by atoms with Gasteiger partial charge in [0.2, 0.25) is 0 Å². The van der Waals surface area contributed by atoms with Crippen LogP contribution in [0.1, 0.15) is 20.8 Å². The van der Waals surface area contributed by atoms with Gasteiger partial charge in [0.15, 0.2) is 0 Å². The summed E-state index contributed by atoms with van der Waals surface area (Å²) in [5.41, 5.74) is 1.97. The van der Waals surface area contributed by atoms with E-state index in [9.17, 15) is 19.1 Å². The zero-order valence-electron chi connectivity index (χ0n) is 14.8. The Balaban J connectivity index is 1.84. The Labute approximate surface area is 163 Å². The van der Waals surface area contributed by atoms with E-state index >= 15 is 0 Å². The third kappa shape index (κ3) is 3.20. The molecule has 0 amide bonds. The van der Waals surface area contributed by atoms with Crippen molar-refractivity contribution in [3.63, 3.8) is 0 Å². The number of hydrogen-bond donors (Lipinski definition) is 0. The molecule has 140 valence electrons. The average Bonchev–Trinajstić information content (AvgIpc) is 3.02. The van der Waals surface area contributed by atoms with Crippen molar-refractivity contribution in [1.82, 2.24) is 9.55 Å². The Hall–Kier alpha value is -3.32. The molecule has 0 unspecified atom stereocenters. The first-order chi connectivity index (χ1) is 13.4. The van der Waals surface area contributed by atoms with Crippen LogP contribution in [0.15, 0.2) is 59.7 Å². The third-order valence-corrected chi connectivity index (χ3v) is 5.52. The molecule has 2 aromatic carbocycles. The number of carboxylic acid groups (broad SMARTS) is 1. The van der Waals surface area contributed by atoms with Crippen LogP contribution in [0.3, 0.4) is 0 Å². The second-order valence-electron chi connectivity index (χ2n) is 6.39. The highest BCUT2D eigenvalue weighted by atomic mass is 32.1. The highest BCUT2D eigenvalue weighted by molar-refractivity contribution is 7.19. The van der Waals surface area contributed by atoms with Gasteiger partial charge in [-0.2, -0.15) is 0 Å². The van der Waals surface area contributed by atoms with Crippen LogP contribution in [0.5, 0.6) is 0 Å². The van der Waals surface area contributed by atoms with Crippen molar-refractivity contribution < 1.29 is 14.3 Å². The fourth-order valence-corrected chi connectivity index (χ4v) is 4.21. The van der Waals surface area contributed by atoms with Crippen molar-refractivity contribution in [2.75, 3.05) is 0 Å². The number of halogens is 1. The standard InChI is InChI=1S/C21H15FN2O3S/c1-12-17(14-5-7-16(22)8-6-14)18-19(28-12)23-11-24(20(18)25)10-13-3-2-4-15(9-13)21(26)27/h2-9,11H,10H2,1H3,(H,26,27)/p-1. The number of fused-ring (bicyclic) bond motifs is 1. The molecule has 4 aromatic rings. The fourth-order valence-electron chi connectivity index (χ4n) is 3.21. The maximum Gasteiger partial charge on any atom is 0.263 e. The minimum Gasteiger partial charge on any atom is -0.545 e. The minimum atomic E-state index is -1.27. The summed E-state index contributed by atoms with van der Waals surface area (Å²) in [5.74, 6) is -1.61. The van der Waals surface area contributed by atoms with Crippen LogP contribution in [0.4, 0.5) is 4.39 Å². The van der Waals surface area contributed by atoms with E-state index in [0.717, 1.165) is 16.0 Å². The number of carboxylic acids is 1. The highest BCUT2D eigenvalue weighted by Crippen LogP contribution is 2.35. The van der Waals surface area contributed by atoms with E-state index in [1.807, 2.05) is 6.92 Å². The van der Waals surface area contributed by atoms with Crippen molar-refractivity contribution >= 4 is 27.5 Å². The highest BCUT2D eigenvalue weighted by Gasteiger charge is 2.17. The van der Waals surface area contributed by atoms with Crippen LogP contribution in [0, 0.1) is 12.7 Å². The first-order valence-electron chi connectivity index (χ1n) is 8.49. The van der Waals surface area contributed by atoms with E-state index in [1.165, 1.54) is 46.5 Å². The molecule has 0 aliphatic carbocycles. The van der Waals surface area contributed by atoms with Crippen LogP contribution in [0.2, 0.25) is 0 Å². The first kappa shape index (κ1) is 18.1. The lowest BCUT2D eigenvalue weighted by Gasteiger charge is -2.09. The lowest BCUT2D eigenvalue weighted by Crippen LogP contribution is -2.23. The zero-order chi connectivity index (χ0) is 19.8. The number of aromatic carboxylic acids is 1. The van der Waals surface area contributed by atoms with Crippen molar-refractivity contribution in [3.05, 3.63) is 87.0 Å². The maximum absolute atomic E-state index is 13.3. The molecular formula is C21H14FN2O3S-. The zero-order valence-corrected chi connectivity index (χ0v) is 15.6. The summed E-state index contributed by atoms with van der Waals surface area (Å²) < 4.78 is 14.7. The molecule has 0 bridgehead atoms. The molecule has 0 fully saturated rings. The van der Waals surface area contributed by atoms with Gasteiger partial charge in [0.05, 0.1) is 24.2 Å². The molecule has 0 N–H and O–H groups in total. The lowest BCUT2D eigenvalue weighted by molar-refractivity contribution is -0.255. The monoisotopic (exact) mass is 393 g/mol. The molecule has 2 heterocycles. The Morgan fingerprint density at radius 1 is 1.21 bits per heavy atom. The predicted molar refractivity (Wildman–Crippen MR) is 104 cm³/mol. The topological polar surface area (TPSA) is 75.0 Å². The molecule has 4 rings (SSSR count). The normalized spacial score (nSPS) is 11.1. The summed E-state index contributed by atoms with van der Waals surface area (Å²) in [4.78, 5) is 30.1. The van der Waals surface area contributed by atoms with Gasteiger partial charge in [0.25, 0.3) is 5.56 Å². The Kier molecular flexibility index (Phi) is 4.52. The lowest BCUT2D eigenvalue weighted by atomic mass is 10.0. The molecule has 5 nitrogen and oxygen atoms in total. The second-order valence-corrected chi connectivity index (χ2v) is 7.59. The van der Waals surface area contributed by atoms with Crippen molar-refractivity contribution in [1.29, 1.82) is 0 Å². The summed E-state index contributed by atoms with van der Waals surface area (Å²) in [6, 6.07) is 12.3. The van der Waals surface area contributed by atoms with Gasteiger partial charge in [-0.1, -0.05) is 30.3 Å². The molecular weight excluding hydrogens is 379 g/mol. The minimum absolute atomic E-state index is 0.0537. The molecule has 0 aliphatic rings. The molecule has 0 saturated heterocycles. The molecule has 0 atom stereocenters. The predicted octanol–water partition coefficient (Wildman–Crippen LogP) is 2.98. The summed E-state index contributed by atoms with van der Waals surface area (Å²) in [6.07, 6.45) is 1.46. The van der Waals surface area contributed by atoms with Crippen molar-refractivity contribution in [2.45, 2.75) is 13.5 Å². The molecule has 0 radical (unpaired) electrons. The fraction of sp³-hybridized carbons (Fsp3) is 0.0952. The number of rotatable bonds is 4. The molecule has 0 spiro atoms. The number of aromatic nitrogens is 2. The summed E-state index contributed by atoms with van der Waals surface area (Å²) in [7, 11) is 0. The van der Waals surface area contributed by atoms with Gasteiger partial charge in [-0.3, -0.25) is 9.36 Å². The van der Waals surface area contributed by atoms with Crippen molar-refractivity contribution in [2.24, 2.45) is 0 Å². The van der Waals surface area contributed by atoms with Crippen LogP contribution < -0.4 is 10.7 Å². The number of carbonyl (C=O) groups excluding carboxylic acids is 1. The molecule has 2 aromatic heterocycles. The number of benzene rings is 2. The molecule has 7 heteroatoms. The van der Waals surface area contributed by atoms with E-state index in [1.54, 1.807) is 24.3 Å². The van der Waals surface area contributed by atoms with Gasteiger partial charge in [0, 0.05) is 10.4 Å². The van der Waals surface area contributed by atoms with Gasteiger partial charge in [-0.25, -0.2) is 9.37 Å². The average molecular weight is 393 g/mol. The number of hydrogen-bond acceptors (Lipinski definition) is 5. The van der Waals surface area contributed by atoms with Gasteiger partial charge < -0.3 is 9.90 Å². The third-order valence-electron chi connectivity index (χ3n) is 4.50. The van der Waals surface area contributed by atoms with Gasteiger partial charge >= 0.3 is 0 Å². The molecule has 0 aliphatic heterocycles. The van der Waals surface area contributed by atoms with Crippen LogP contribution in [-0.2, 0) is 6.54 Å². The Morgan fingerprint density at radius 3 is 2.68 bits per heavy atom. The number of carbonyl (C=O) groups is 1. The van der Waals surface area contributed by atoms with Crippen LogP contribution in [-0.4, -0.2) is 15.5 Å². The summed E-state index contributed by atoms with van der Waals surface area (Å²) in [5, 5.41) is 11.5. The summed E-state index contributed by atoms with van der Waals surface area (Å²) in [6.45, 7) is 2.08. The van der Waals surface area contributed by atoms with E-state index in [4.69, 9.17) is 0 Å². The Bertz CT molecular complexity index is 1260. The molecule has 28 heavy (non-hydrogen) atoms. The van der Waals surface area contributed by atoms with Crippen LogP contribution >= 0.6 is 11.3 Å². The van der Waals surface area contributed by atoms with Crippen molar-refractivity contribution in [3.8, 4) is 11.1 Å². The van der Waals surface area contributed by atoms with Gasteiger partial charge in [-0.15, -0.1) is 11.3 Å². The quantitative estimate of drug-likeness (QED) is 0.534. The molecule has 0 saturated carbocycles. The van der Waals surface area contributed by atoms with E-state index in [0.29, 0.717) is 15.8 Å². The second kappa shape index (κ2) is 7.01. The van der Waals surface area contributed by atoms with E-state index < -0.39 is 5.97 Å². The first-order valence-corrected chi connectivity index (χ1v) is 9.30. The van der Waals surface area contributed by atoms with E-state index in [-0.39, 0.29) is 23.5 Å². The smallest absolute Gasteiger partial charge is 0.263 e. The SMILES string of the molecule is Cc1sc2ncn(Cc3cccc(C(=O)[O-])c3)c(=O)c2c1-c1ccc(F)cc1. The Morgan fingerprint density at radius 2 is 1.96 bits per heavy atom. The van der Waals surface area contributed by atoms with Gasteiger partial charge in [0.1, 0.15) is 10.6 Å². The number of nitrogens with zero attached hydrogens (tertiary/aromatic N) is 2.